The third kappa shape index (κ3) is 3.73. The highest BCUT2D eigenvalue weighted by atomic mass is 16.1. The Bertz CT molecular complexity index is 263. The Balaban J connectivity index is 5.02. The van der Waals surface area contributed by atoms with E-state index in [1.165, 1.54) is 22.2 Å². The van der Waals surface area contributed by atoms with Gasteiger partial charge in [0.2, 0.25) is 12.8 Å². The van der Waals surface area contributed by atoms with E-state index >= 15 is 0 Å². The number of carbonyl (C=O) groups is 2. The van der Waals surface area contributed by atoms with Crippen molar-refractivity contribution in [3.8, 4) is 0 Å². The minimum Gasteiger partial charge on any atom is -0.317 e. The van der Waals surface area contributed by atoms with Gasteiger partial charge in [0.15, 0.2) is 0 Å². The molecule has 0 unspecified atom stereocenters. The van der Waals surface area contributed by atoms with Gasteiger partial charge < -0.3 is 9.80 Å². The van der Waals surface area contributed by atoms with Crippen LogP contribution in [0.4, 0.5) is 0 Å². The second kappa shape index (κ2) is 5.66. The molecular weight excluding hydrogens is 216 g/mol. The van der Waals surface area contributed by atoms with Crippen LogP contribution in [0.2, 0.25) is 0 Å². The molecule has 0 spiro atoms. The van der Waals surface area contributed by atoms with Crippen molar-refractivity contribution < 1.29 is 9.59 Å². The monoisotopic (exact) mass is 238 g/mol. The van der Waals surface area contributed by atoms with Crippen LogP contribution in [-0.2, 0) is 9.59 Å². The molecule has 0 saturated carbocycles. The number of hydrogen-bond acceptors (Lipinski definition) is 2. The first kappa shape index (κ1) is 15.4. The molecule has 17 heavy (non-hydrogen) atoms. The van der Waals surface area contributed by atoms with Gasteiger partial charge in [0.25, 0.3) is 0 Å². The Morgan fingerprint density at radius 2 is 1.18 bits per heavy atom. The van der Waals surface area contributed by atoms with Crippen molar-refractivity contribution in [2.45, 2.75) is 45.2 Å². The first-order valence-electron chi connectivity index (χ1n) is 5.48. The molecule has 96 valence electrons. The summed E-state index contributed by atoms with van der Waals surface area (Å²) in [5.74, 6) is 0. The highest BCUT2D eigenvalue weighted by molar-refractivity contribution is 5.52. The lowest BCUT2D eigenvalue weighted by molar-refractivity contribution is -0.122. The molecular formula is C13H22N2O2. The molecule has 4 heteroatoms. The van der Waals surface area contributed by atoms with Crippen LogP contribution in [0.1, 0.15) is 34.1 Å². The molecule has 0 bridgehead atoms. The molecule has 0 heterocycles. The third-order valence-corrected chi connectivity index (χ3v) is 2.88. The molecule has 0 aromatic heterocycles. The lowest BCUT2D eigenvalue weighted by atomic mass is 9.85. The SMILES string of the molecule is C=CN(C=O)C(C)(C)CC(C)(C)N(C=C)C=O. The van der Waals surface area contributed by atoms with Gasteiger partial charge in [-0.25, -0.2) is 0 Å². The van der Waals surface area contributed by atoms with E-state index in [-0.39, 0.29) is 0 Å². The summed E-state index contributed by atoms with van der Waals surface area (Å²) >= 11 is 0. The lowest BCUT2D eigenvalue weighted by Crippen LogP contribution is -2.50. The number of nitrogens with zero attached hydrogens (tertiary/aromatic N) is 2. The summed E-state index contributed by atoms with van der Waals surface area (Å²) in [6, 6.07) is 0. The summed E-state index contributed by atoms with van der Waals surface area (Å²) in [5, 5.41) is 0. The van der Waals surface area contributed by atoms with Crippen LogP contribution in [0.15, 0.2) is 25.6 Å². The molecule has 4 nitrogen and oxygen atoms in total. The second-order valence-corrected chi connectivity index (χ2v) is 5.19. The van der Waals surface area contributed by atoms with Gasteiger partial charge >= 0.3 is 0 Å². The predicted molar refractivity (Wildman–Crippen MR) is 69.0 cm³/mol. The fourth-order valence-corrected chi connectivity index (χ4v) is 2.11. The molecule has 0 radical (unpaired) electrons. The Morgan fingerprint density at radius 1 is 0.882 bits per heavy atom. The smallest absolute Gasteiger partial charge is 0.214 e. The number of amides is 2. The zero-order valence-electron chi connectivity index (χ0n) is 11.1. The zero-order valence-corrected chi connectivity index (χ0v) is 11.1. The average Bonchev–Trinajstić information content (AvgIpc) is 2.18. The van der Waals surface area contributed by atoms with Gasteiger partial charge in [-0.05, 0) is 46.5 Å². The summed E-state index contributed by atoms with van der Waals surface area (Å²) < 4.78 is 0. The summed E-state index contributed by atoms with van der Waals surface area (Å²) in [6.45, 7) is 14.9. The maximum Gasteiger partial charge on any atom is 0.214 e. The normalized spacial score (nSPS) is 11.5. The Morgan fingerprint density at radius 3 is 1.35 bits per heavy atom. The highest BCUT2D eigenvalue weighted by Crippen LogP contribution is 2.29. The molecule has 0 aliphatic heterocycles. The van der Waals surface area contributed by atoms with E-state index in [2.05, 4.69) is 13.2 Å². The molecule has 0 fully saturated rings. The largest absolute Gasteiger partial charge is 0.317 e. The van der Waals surface area contributed by atoms with E-state index < -0.39 is 11.1 Å². The molecule has 2 amide bonds. The van der Waals surface area contributed by atoms with Crippen LogP contribution in [0.25, 0.3) is 0 Å². The Hall–Kier alpha value is -1.58. The summed E-state index contributed by atoms with van der Waals surface area (Å²) in [4.78, 5) is 24.9. The minimum atomic E-state index is -0.419. The summed E-state index contributed by atoms with van der Waals surface area (Å²) in [5.41, 5.74) is -0.839. The molecule has 0 saturated heterocycles. The predicted octanol–water partition coefficient (Wildman–Crippen LogP) is 2.14. The van der Waals surface area contributed by atoms with Gasteiger partial charge in [-0.15, -0.1) is 0 Å². The first-order chi connectivity index (χ1) is 7.75. The molecule has 0 N–H and O–H groups in total. The van der Waals surface area contributed by atoms with Crippen molar-refractivity contribution in [1.82, 2.24) is 9.80 Å². The van der Waals surface area contributed by atoms with Gasteiger partial charge in [-0.3, -0.25) is 9.59 Å². The average molecular weight is 238 g/mol. The van der Waals surface area contributed by atoms with E-state index in [9.17, 15) is 9.59 Å². The highest BCUT2D eigenvalue weighted by Gasteiger charge is 2.35. The minimum absolute atomic E-state index is 0.419. The molecule has 0 aliphatic carbocycles. The van der Waals surface area contributed by atoms with E-state index in [0.29, 0.717) is 6.42 Å². The quantitative estimate of drug-likeness (QED) is 0.608. The topological polar surface area (TPSA) is 40.6 Å². The van der Waals surface area contributed by atoms with Crippen molar-refractivity contribution in [3.63, 3.8) is 0 Å². The van der Waals surface area contributed by atoms with Crippen LogP contribution < -0.4 is 0 Å². The van der Waals surface area contributed by atoms with Crippen molar-refractivity contribution in [1.29, 1.82) is 0 Å². The van der Waals surface area contributed by atoms with Gasteiger partial charge in [0, 0.05) is 11.1 Å². The molecule has 0 atom stereocenters. The first-order valence-corrected chi connectivity index (χ1v) is 5.48. The van der Waals surface area contributed by atoms with Crippen molar-refractivity contribution >= 4 is 12.8 Å². The van der Waals surface area contributed by atoms with Crippen LogP contribution in [0.3, 0.4) is 0 Å². The van der Waals surface area contributed by atoms with E-state index in [1.54, 1.807) is 0 Å². The third-order valence-electron chi connectivity index (χ3n) is 2.88. The van der Waals surface area contributed by atoms with Gasteiger partial charge in [0.05, 0.1) is 0 Å². The summed E-state index contributed by atoms with van der Waals surface area (Å²) in [7, 11) is 0. The maximum atomic E-state index is 10.9. The van der Waals surface area contributed by atoms with Crippen LogP contribution in [0, 0.1) is 0 Å². The van der Waals surface area contributed by atoms with Gasteiger partial charge in [-0.1, -0.05) is 13.2 Å². The van der Waals surface area contributed by atoms with Crippen LogP contribution >= 0.6 is 0 Å². The van der Waals surface area contributed by atoms with E-state index in [1.807, 2.05) is 27.7 Å². The van der Waals surface area contributed by atoms with Crippen molar-refractivity contribution in [2.24, 2.45) is 0 Å². The Kier molecular flexibility index (Phi) is 5.13. The fraction of sp³-hybridized carbons (Fsp3) is 0.538. The van der Waals surface area contributed by atoms with Crippen molar-refractivity contribution in [3.05, 3.63) is 25.6 Å². The number of hydrogen-bond donors (Lipinski definition) is 0. The molecule has 0 aromatic rings. The van der Waals surface area contributed by atoms with Gasteiger partial charge in [0.1, 0.15) is 0 Å². The van der Waals surface area contributed by atoms with Gasteiger partial charge in [-0.2, -0.15) is 0 Å². The number of rotatable bonds is 8. The second-order valence-electron chi connectivity index (χ2n) is 5.19. The lowest BCUT2D eigenvalue weighted by Gasteiger charge is -2.42. The molecule has 0 aliphatic rings. The van der Waals surface area contributed by atoms with E-state index in [4.69, 9.17) is 0 Å². The molecule has 0 aromatic carbocycles. The van der Waals surface area contributed by atoms with E-state index in [0.717, 1.165) is 12.8 Å². The maximum absolute atomic E-state index is 10.9. The van der Waals surface area contributed by atoms with Crippen molar-refractivity contribution in [2.75, 3.05) is 0 Å². The van der Waals surface area contributed by atoms with Crippen LogP contribution in [-0.4, -0.2) is 33.7 Å². The fourth-order valence-electron chi connectivity index (χ4n) is 2.11. The van der Waals surface area contributed by atoms with Crippen LogP contribution in [0.5, 0.6) is 0 Å². The molecule has 0 rings (SSSR count). The standard InChI is InChI=1S/C13H22N2O2/c1-7-14(10-16)12(3,4)9-13(5,6)15(8-2)11-17/h7-8,10-11H,1-2,9H2,3-6H3. The Labute approximate surface area is 104 Å². The summed E-state index contributed by atoms with van der Waals surface area (Å²) in [6.07, 6.45) is 5.06. The number of carbonyl (C=O) groups excluding carboxylic acids is 2. The zero-order chi connectivity index (χ0) is 13.7.